The number of halogens is 2. The number of hydrogen-bond acceptors (Lipinski definition) is 1. The molecule has 1 aromatic carbocycles. The molecule has 1 aromatic rings. The Bertz CT molecular complexity index is 253. The van der Waals surface area contributed by atoms with E-state index in [4.69, 9.17) is 0 Å². The van der Waals surface area contributed by atoms with Crippen LogP contribution in [0.4, 0.5) is 8.78 Å². The summed E-state index contributed by atoms with van der Waals surface area (Å²) in [7, 11) is 1.74. The SMILES string of the molecule is CN[C@H](C)c1cc(F)cc(F)c1. The van der Waals surface area contributed by atoms with Crippen molar-refractivity contribution in [3.05, 3.63) is 35.4 Å². The Kier molecular flexibility index (Phi) is 2.76. The highest BCUT2D eigenvalue weighted by molar-refractivity contribution is 5.20. The second kappa shape index (κ2) is 3.63. The summed E-state index contributed by atoms with van der Waals surface area (Å²) in [5.41, 5.74) is 0.620. The third-order valence-electron chi connectivity index (χ3n) is 1.82. The number of benzene rings is 1. The van der Waals surface area contributed by atoms with Gasteiger partial charge in [-0.3, -0.25) is 0 Å². The second-order valence-corrected chi connectivity index (χ2v) is 2.71. The van der Waals surface area contributed by atoms with Crippen LogP contribution in [0.5, 0.6) is 0 Å². The van der Waals surface area contributed by atoms with Crippen LogP contribution < -0.4 is 5.32 Å². The summed E-state index contributed by atoms with van der Waals surface area (Å²) in [6.45, 7) is 1.84. The lowest BCUT2D eigenvalue weighted by atomic mass is 10.1. The fourth-order valence-corrected chi connectivity index (χ4v) is 0.992. The van der Waals surface area contributed by atoms with Crippen molar-refractivity contribution < 1.29 is 8.78 Å². The number of hydrogen-bond donors (Lipinski definition) is 1. The summed E-state index contributed by atoms with van der Waals surface area (Å²) < 4.78 is 25.3. The van der Waals surface area contributed by atoms with Crippen LogP contribution in [0, 0.1) is 11.6 Å². The van der Waals surface area contributed by atoms with Crippen molar-refractivity contribution in [3.8, 4) is 0 Å². The molecule has 1 atom stereocenters. The molecule has 0 aromatic heterocycles. The van der Waals surface area contributed by atoms with E-state index in [0.29, 0.717) is 5.56 Å². The fraction of sp³-hybridized carbons (Fsp3) is 0.333. The van der Waals surface area contributed by atoms with Crippen molar-refractivity contribution in [1.29, 1.82) is 0 Å². The molecule has 0 saturated carbocycles. The minimum Gasteiger partial charge on any atom is -0.313 e. The first-order valence-corrected chi connectivity index (χ1v) is 3.76. The average Bonchev–Trinajstić information content (AvgIpc) is 2.01. The molecule has 0 amide bonds. The highest BCUT2D eigenvalue weighted by Gasteiger charge is 2.05. The van der Waals surface area contributed by atoms with Gasteiger partial charge in [-0.1, -0.05) is 0 Å². The Balaban J connectivity index is 3.00. The minimum absolute atomic E-state index is 0.0322. The van der Waals surface area contributed by atoms with Gasteiger partial charge in [0.15, 0.2) is 0 Å². The third-order valence-corrected chi connectivity index (χ3v) is 1.82. The lowest BCUT2D eigenvalue weighted by Crippen LogP contribution is -2.12. The van der Waals surface area contributed by atoms with Gasteiger partial charge in [0.2, 0.25) is 0 Å². The first kappa shape index (κ1) is 9.13. The average molecular weight is 171 g/mol. The van der Waals surface area contributed by atoms with Gasteiger partial charge in [0, 0.05) is 12.1 Å². The van der Waals surface area contributed by atoms with Crippen molar-refractivity contribution >= 4 is 0 Å². The standard InChI is InChI=1S/C9H11F2N/c1-6(12-2)7-3-8(10)5-9(11)4-7/h3-6,12H,1-2H3/t6-/m1/s1. The van der Waals surface area contributed by atoms with Crippen molar-refractivity contribution in [3.63, 3.8) is 0 Å². The molecule has 0 aliphatic carbocycles. The summed E-state index contributed by atoms with van der Waals surface area (Å²) >= 11 is 0. The summed E-state index contributed by atoms with van der Waals surface area (Å²) in [6, 6.07) is 3.48. The Morgan fingerprint density at radius 2 is 1.67 bits per heavy atom. The first-order valence-electron chi connectivity index (χ1n) is 3.76. The van der Waals surface area contributed by atoms with E-state index in [1.807, 2.05) is 6.92 Å². The van der Waals surface area contributed by atoms with E-state index in [2.05, 4.69) is 5.32 Å². The highest BCUT2D eigenvalue weighted by Crippen LogP contribution is 2.14. The summed E-state index contributed by atoms with van der Waals surface area (Å²) in [4.78, 5) is 0. The number of rotatable bonds is 2. The predicted molar refractivity (Wildman–Crippen MR) is 43.8 cm³/mol. The van der Waals surface area contributed by atoms with E-state index in [-0.39, 0.29) is 6.04 Å². The molecule has 0 heterocycles. The van der Waals surface area contributed by atoms with Crippen LogP contribution in [0.3, 0.4) is 0 Å². The zero-order valence-corrected chi connectivity index (χ0v) is 7.07. The Morgan fingerprint density at radius 3 is 2.08 bits per heavy atom. The fourth-order valence-electron chi connectivity index (χ4n) is 0.992. The Morgan fingerprint density at radius 1 is 1.17 bits per heavy atom. The monoisotopic (exact) mass is 171 g/mol. The molecule has 0 radical (unpaired) electrons. The van der Waals surface area contributed by atoms with Crippen molar-refractivity contribution in [2.75, 3.05) is 7.05 Å². The van der Waals surface area contributed by atoms with Gasteiger partial charge in [0.05, 0.1) is 0 Å². The van der Waals surface area contributed by atoms with Crippen LogP contribution in [-0.4, -0.2) is 7.05 Å². The molecule has 1 N–H and O–H groups in total. The van der Waals surface area contributed by atoms with Crippen LogP contribution in [0.15, 0.2) is 18.2 Å². The van der Waals surface area contributed by atoms with Gasteiger partial charge in [0.1, 0.15) is 11.6 Å². The zero-order chi connectivity index (χ0) is 9.14. The lowest BCUT2D eigenvalue weighted by Gasteiger charge is -2.10. The molecule has 1 rings (SSSR count). The van der Waals surface area contributed by atoms with Crippen molar-refractivity contribution in [1.82, 2.24) is 5.32 Å². The Labute approximate surface area is 70.4 Å². The summed E-state index contributed by atoms with van der Waals surface area (Å²) in [5.74, 6) is -1.07. The van der Waals surface area contributed by atoms with E-state index in [1.165, 1.54) is 12.1 Å². The van der Waals surface area contributed by atoms with Crippen LogP contribution in [-0.2, 0) is 0 Å². The van der Waals surface area contributed by atoms with E-state index in [9.17, 15) is 8.78 Å². The molecule has 0 unspecified atom stereocenters. The van der Waals surface area contributed by atoms with Crippen LogP contribution in [0.25, 0.3) is 0 Å². The molecule has 0 fully saturated rings. The molecule has 0 saturated heterocycles. The largest absolute Gasteiger partial charge is 0.313 e. The maximum Gasteiger partial charge on any atom is 0.126 e. The summed E-state index contributed by atoms with van der Waals surface area (Å²) in [6.07, 6.45) is 0. The first-order chi connectivity index (χ1) is 5.63. The predicted octanol–water partition coefficient (Wildman–Crippen LogP) is 2.25. The van der Waals surface area contributed by atoms with E-state index in [0.717, 1.165) is 6.07 Å². The molecule has 0 bridgehead atoms. The molecule has 3 heteroatoms. The number of nitrogens with one attached hydrogen (secondary N) is 1. The molecular weight excluding hydrogens is 160 g/mol. The van der Waals surface area contributed by atoms with Crippen molar-refractivity contribution in [2.24, 2.45) is 0 Å². The highest BCUT2D eigenvalue weighted by atomic mass is 19.1. The lowest BCUT2D eigenvalue weighted by molar-refractivity contribution is 0.566. The molecular formula is C9H11F2N. The van der Waals surface area contributed by atoms with Crippen LogP contribution in [0.2, 0.25) is 0 Å². The molecule has 12 heavy (non-hydrogen) atoms. The smallest absolute Gasteiger partial charge is 0.126 e. The maximum absolute atomic E-state index is 12.7. The van der Waals surface area contributed by atoms with E-state index < -0.39 is 11.6 Å². The van der Waals surface area contributed by atoms with Crippen LogP contribution in [0.1, 0.15) is 18.5 Å². The second-order valence-electron chi connectivity index (χ2n) is 2.71. The van der Waals surface area contributed by atoms with Gasteiger partial charge < -0.3 is 5.32 Å². The van der Waals surface area contributed by atoms with Crippen LogP contribution >= 0.6 is 0 Å². The molecule has 0 aliphatic heterocycles. The minimum atomic E-state index is -0.535. The van der Waals surface area contributed by atoms with Gasteiger partial charge in [-0.05, 0) is 31.7 Å². The molecule has 0 spiro atoms. The van der Waals surface area contributed by atoms with E-state index >= 15 is 0 Å². The van der Waals surface area contributed by atoms with Gasteiger partial charge in [-0.2, -0.15) is 0 Å². The van der Waals surface area contributed by atoms with Gasteiger partial charge in [-0.15, -0.1) is 0 Å². The Hall–Kier alpha value is -0.960. The van der Waals surface area contributed by atoms with Gasteiger partial charge in [-0.25, -0.2) is 8.78 Å². The van der Waals surface area contributed by atoms with Gasteiger partial charge >= 0.3 is 0 Å². The third kappa shape index (κ3) is 2.01. The zero-order valence-electron chi connectivity index (χ0n) is 7.07. The summed E-state index contributed by atoms with van der Waals surface area (Å²) in [5, 5.41) is 2.90. The van der Waals surface area contributed by atoms with Crippen molar-refractivity contribution in [2.45, 2.75) is 13.0 Å². The quantitative estimate of drug-likeness (QED) is 0.719. The topological polar surface area (TPSA) is 12.0 Å². The normalized spacial score (nSPS) is 13.0. The maximum atomic E-state index is 12.7. The molecule has 1 nitrogen and oxygen atoms in total. The van der Waals surface area contributed by atoms with E-state index in [1.54, 1.807) is 7.05 Å². The molecule has 66 valence electrons. The molecule has 0 aliphatic rings. The van der Waals surface area contributed by atoms with Gasteiger partial charge in [0.25, 0.3) is 0 Å².